The molecule has 2 saturated carbocycles. The number of carbonyl (C=O) groups excluding carboxylic acids is 1. The number of hydrogen-bond donors (Lipinski definition) is 0. The van der Waals surface area contributed by atoms with E-state index in [0.29, 0.717) is 5.92 Å². The lowest BCUT2D eigenvalue weighted by atomic mass is 9.71. The predicted octanol–water partition coefficient (Wildman–Crippen LogP) is 2.41. The van der Waals surface area contributed by atoms with Gasteiger partial charge in [0.2, 0.25) is 0 Å². The van der Waals surface area contributed by atoms with Crippen LogP contribution in [0.2, 0.25) is 0 Å². The molecule has 0 aromatic heterocycles. The highest BCUT2D eigenvalue weighted by Crippen LogP contribution is 2.56. The zero-order valence-electron chi connectivity index (χ0n) is 7.96. The Hall–Kier alpha value is -0.770. The second-order valence-corrected chi connectivity index (χ2v) is 4.64. The normalized spacial score (nSPS) is 41.8. The van der Waals surface area contributed by atoms with Crippen LogP contribution < -0.4 is 0 Å². The molecule has 0 radical (unpaired) electrons. The van der Waals surface area contributed by atoms with Gasteiger partial charge in [-0.15, -0.1) is 12.3 Å². The van der Waals surface area contributed by atoms with Gasteiger partial charge in [-0.25, -0.2) is 0 Å². The lowest BCUT2D eigenvalue weighted by Gasteiger charge is -2.31. The van der Waals surface area contributed by atoms with Gasteiger partial charge in [-0.2, -0.15) is 0 Å². The van der Waals surface area contributed by atoms with E-state index in [1.54, 1.807) is 0 Å². The maximum atomic E-state index is 11.2. The maximum Gasteiger partial charge on any atom is 0.126 e. The summed E-state index contributed by atoms with van der Waals surface area (Å²) in [6, 6.07) is 0. The lowest BCUT2D eigenvalue weighted by molar-refractivity contribution is -0.119. The summed E-state index contributed by atoms with van der Waals surface area (Å²) in [5.74, 6) is 4.14. The van der Waals surface area contributed by atoms with Gasteiger partial charge in [0.1, 0.15) is 6.29 Å². The van der Waals surface area contributed by atoms with Crippen molar-refractivity contribution in [1.82, 2.24) is 0 Å². The molecule has 0 spiro atoms. The third-order valence-corrected chi connectivity index (χ3v) is 3.99. The van der Waals surface area contributed by atoms with Gasteiger partial charge in [0.15, 0.2) is 0 Å². The van der Waals surface area contributed by atoms with Gasteiger partial charge in [0, 0.05) is 11.8 Å². The van der Waals surface area contributed by atoms with Crippen molar-refractivity contribution in [1.29, 1.82) is 0 Å². The Labute approximate surface area is 79.9 Å². The molecule has 0 aliphatic heterocycles. The van der Waals surface area contributed by atoms with Crippen molar-refractivity contribution >= 4 is 6.29 Å². The Bertz CT molecular complexity index is 250. The summed E-state index contributed by atoms with van der Waals surface area (Å²) in [6.45, 7) is 0. The van der Waals surface area contributed by atoms with Crippen molar-refractivity contribution in [2.24, 2.45) is 17.3 Å². The molecule has 0 aromatic rings. The SMILES string of the molecule is C#CCCC1(C=O)CC2CCC1C2. The minimum atomic E-state index is -0.0186. The van der Waals surface area contributed by atoms with E-state index in [2.05, 4.69) is 5.92 Å². The average Bonchev–Trinajstić information content (AvgIpc) is 2.74. The molecule has 70 valence electrons. The van der Waals surface area contributed by atoms with Crippen LogP contribution in [0.3, 0.4) is 0 Å². The molecular formula is C12H16O. The fraction of sp³-hybridized carbons (Fsp3) is 0.750. The molecule has 0 amide bonds. The first-order valence-corrected chi connectivity index (χ1v) is 5.20. The standard InChI is InChI=1S/C12H16O/c1-2-3-6-12(9-13)8-10-4-5-11(12)7-10/h1,9-11H,3-8H2. The minimum Gasteiger partial charge on any atom is -0.303 e. The minimum absolute atomic E-state index is 0.0186. The molecular weight excluding hydrogens is 160 g/mol. The van der Waals surface area contributed by atoms with Crippen LogP contribution in [0.4, 0.5) is 0 Å². The third-order valence-electron chi connectivity index (χ3n) is 3.99. The molecule has 0 N–H and O–H groups in total. The topological polar surface area (TPSA) is 17.1 Å². The Morgan fingerprint density at radius 2 is 2.38 bits per heavy atom. The number of aldehydes is 1. The van der Waals surface area contributed by atoms with E-state index in [-0.39, 0.29) is 5.41 Å². The van der Waals surface area contributed by atoms with E-state index in [9.17, 15) is 4.79 Å². The highest BCUT2D eigenvalue weighted by molar-refractivity contribution is 5.61. The average molecular weight is 176 g/mol. The van der Waals surface area contributed by atoms with Gasteiger partial charge >= 0.3 is 0 Å². The van der Waals surface area contributed by atoms with Crippen molar-refractivity contribution < 1.29 is 4.79 Å². The molecule has 2 aliphatic carbocycles. The molecule has 2 rings (SSSR count). The van der Waals surface area contributed by atoms with E-state index in [1.807, 2.05) is 0 Å². The molecule has 1 heteroatoms. The summed E-state index contributed by atoms with van der Waals surface area (Å²) in [4.78, 5) is 11.2. The zero-order chi connectivity index (χ0) is 9.31. The summed E-state index contributed by atoms with van der Waals surface area (Å²) < 4.78 is 0. The smallest absolute Gasteiger partial charge is 0.126 e. The molecule has 0 aromatic carbocycles. The van der Waals surface area contributed by atoms with Crippen LogP contribution in [0.15, 0.2) is 0 Å². The zero-order valence-corrected chi connectivity index (χ0v) is 7.96. The molecule has 3 atom stereocenters. The van der Waals surface area contributed by atoms with E-state index >= 15 is 0 Å². The van der Waals surface area contributed by atoms with Crippen LogP contribution in [0.1, 0.15) is 38.5 Å². The molecule has 2 aliphatic rings. The largest absolute Gasteiger partial charge is 0.303 e. The highest BCUT2D eigenvalue weighted by atomic mass is 16.1. The maximum absolute atomic E-state index is 11.2. The predicted molar refractivity (Wildman–Crippen MR) is 52.0 cm³/mol. The number of hydrogen-bond acceptors (Lipinski definition) is 1. The highest BCUT2D eigenvalue weighted by Gasteiger charge is 2.50. The van der Waals surface area contributed by atoms with Crippen molar-refractivity contribution in [3.63, 3.8) is 0 Å². The van der Waals surface area contributed by atoms with Crippen LogP contribution in [0.25, 0.3) is 0 Å². The number of fused-ring (bicyclic) bond motifs is 2. The molecule has 13 heavy (non-hydrogen) atoms. The second-order valence-electron chi connectivity index (χ2n) is 4.64. The van der Waals surface area contributed by atoms with Crippen LogP contribution in [0.5, 0.6) is 0 Å². The Morgan fingerprint density at radius 1 is 1.54 bits per heavy atom. The first-order valence-electron chi connectivity index (χ1n) is 5.20. The first kappa shape index (κ1) is 8.81. The van der Waals surface area contributed by atoms with Gasteiger partial charge in [-0.3, -0.25) is 0 Å². The molecule has 0 saturated heterocycles. The Morgan fingerprint density at radius 3 is 2.85 bits per heavy atom. The summed E-state index contributed by atoms with van der Waals surface area (Å²) >= 11 is 0. The summed E-state index contributed by atoms with van der Waals surface area (Å²) in [7, 11) is 0. The molecule has 2 fully saturated rings. The van der Waals surface area contributed by atoms with Crippen molar-refractivity contribution in [2.45, 2.75) is 38.5 Å². The fourth-order valence-corrected chi connectivity index (χ4v) is 3.30. The van der Waals surface area contributed by atoms with Crippen LogP contribution in [-0.4, -0.2) is 6.29 Å². The molecule has 0 heterocycles. The van der Waals surface area contributed by atoms with E-state index in [4.69, 9.17) is 6.42 Å². The van der Waals surface area contributed by atoms with Gasteiger partial charge in [-0.1, -0.05) is 6.42 Å². The van der Waals surface area contributed by atoms with Crippen LogP contribution in [0, 0.1) is 29.6 Å². The number of terminal acetylenes is 1. The van der Waals surface area contributed by atoms with Crippen LogP contribution in [-0.2, 0) is 4.79 Å². The van der Waals surface area contributed by atoms with Gasteiger partial charge < -0.3 is 4.79 Å². The first-order chi connectivity index (χ1) is 6.30. The van der Waals surface area contributed by atoms with E-state index in [1.165, 1.54) is 25.5 Å². The Kier molecular flexibility index (Phi) is 2.15. The van der Waals surface area contributed by atoms with Gasteiger partial charge in [0.05, 0.1) is 0 Å². The van der Waals surface area contributed by atoms with E-state index in [0.717, 1.165) is 25.2 Å². The van der Waals surface area contributed by atoms with Gasteiger partial charge in [-0.05, 0) is 37.5 Å². The number of carbonyl (C=O) groups is 1. The summed E-state index contributed by atoms with van der Waals surface area (Å²) in [5, 5.41) is 0. The van der Waals surface area contributed by atoms with Crippen molar-refractivity contribution in [2.75, 3.05) is 0 Å². The molecule has 3 unspecified atom stereocenters. The van der Waals surface area contributed by atoms with E-state index < -0.39 is 0 Å². The molecule has 1 nitrogen and oxygen atoms in total. The summed E-state index contributed by atoms with van der Waals surface area (Å²) in [5.41, 5.74) is -0.0186. The van der Waals surface area contributed by atoms with Gasteiger partial charge in [0.25, 0.3) is 0 Å². The Balaban J connectivity index is 2.09. The molecule has 2 bridgehead atoms. The number of rotatable bonds is 3. The quantitative estimate of drug-likeness (QED) is 0.476. The lowest BCUT2D eigenvalue weighted by Crippen LogP contribution is -2.29. The van der Waals surface area contributed by atoms with Crippen LogP contribution >= 0.6 is 0 Å². The van der Waals surface area contributed by atoms with Crippen molar-refractivity contribution in [3.8, 4) is 12.3 Å². The van der Waals surface area contributed by atoms with Crippen molar-refractivity contribution in [3.05, 3.63) is 0 Å². The summed E-state index contributed by atoms with van der Waals surface area (Å²) in [6.07, 6.45) is 13.1. The fourth-order valence-electron chi connectivity index (χ4n) is 3.30. The third kappa shape index (κ3) is 1.29. The monoisotopic (exact) mass is 176 g/mol. The second kappa shape index (κ2) is 3.18.